The maximum absolute atomic E-state index is 5.51. The molecule has 0 fully saturated rings. The van der Waals surface area contributed by atoms with Crippen LogP contribution in [0.2, 0.25) is 0 Å². The van der Waals surface area contributed by atoms with Crippen LogP contribution in [0.15, 0.2) is 36.7 Å². The highest BCUT2D eigenvalue weighted by molar-refractivity contribution is 5.65. The summed E-state index contributed by atoms with van der Waals surface area (Å²) < 4.78 is 18.1. The lowest BCUT2D eigenvalue weighted by molar-refractivity contribution is 0.391. The van der Waals surface area contributed by atoms with Crippen molar-refractivity contribution in [1.29, 1.82) is 0 Å². The molecule has 0 aliphatic heterocycles. The lowest BCUT2D eigenvalue weighted by Gasteiger charge is -2.16. The van der Waals surface area contributed by atoms with Crippen molar-refractivity contribution in [3.05, 3.63) is 42.5 Å². The molecule has 0 amide bonds. The lowest BCUT2D eigenvalue weighted by atomic mass is 10.2. The number of hydrogen-bond acceptors (Lipinski definition) is 6. The topological polar surface area (TPSA) is 71.3 Å². The number of nitrogens with zero attached hydrogens (tertiary/aromatic N) is 4. The highest BCUT2D eigenvalue weighted by atomic mass is 16.5. The van der Waals surface area contributed by atoms with Gasteiger partial charge in [0.25, 0.3) is 0 Å². The number of rotatable bonds is 5. The zero-order valence-electron chi connectivity index (χ0n) is 14.0. The molecular weight excluding hydrogens is 308 g/mol. The van der Waals surface area contributed by atoms with E-state index in [9.17, 15) is 0 Å². The quantitative estimate of drug-likeness (QED) is 0.718. The van der Waals surface area contributed by atoms with Crippen LogP contribution in [0.5, 0.6) is 17.2 Å². The molecule has 0 N–H and O–H groups in total. The predicted octanol–water partition coefficient (Wildman–Crippen LogP) is 2.66. The third kappa shape index (κ3) is 2.64. The van der Waals surface area contributed by atoms with Gasteiger partial charge in [-0.25, -0.2) is 0 Å². The number of hydrogen-bond donors (Lipinski definition) is 0. The Morgan fingerprint density at radius 3 is 2.25 bits per heavy atom. The van der Waals surface area contributed by atoms with Gasteiger partial charge in [-0.2, -0.15) is 0 Å². The van der Waals surface area contributed by atoms with E-state index in [4.69, 9.17) is 14.2 Å². The van der Waals surface area contributed by atoms with Gasteiger partial charge in [0.05, 0.1) is 27.5 Å². The normalized spacial score (nSPS) is 10.5. The Morgan fingerprint density at radius 1 is 0.917 bits per heavy atom. The van der Waals surface area contributed by atoms with E-state index in [0.29, 0.717) is 28.9 Å². The van der Waals surface area contributed by atoms with Gasteiger partial charge in [0, 0.05) is 11.8 Å². The van der Waals surface area contributed by atoms with Crippen molar-refractivity contribution in [3.8, 4) is 34.3 Å². The van der Waals surface area contributed by atoms with Gasteiger partial charge >= 0.3 is 0 Å². The second kappa shape index (κ2) is 6.57. The highest BCUT2D eigenvalue weighted by Gasteiger charge is 2.20. The smallest absolute Gasteiger partial charge is 0.170 e. The number of benzene rings is 1. The first-order chi connectivity index (χ1) is 11.7. The molecule has 3 rings (SSSR count). The van der Waals surface area contributed by atoms with Crippen LogP contribution in [0.25, 0.3) is 17.1 Å². The van der Waals surface area contributed by atoms with E-state index in [1.165, 1.54) is 0 Å². The van der Waals surface area contributed by atoms with Crippen molar-refractivity contribution >= 4 is 0 Å². The van der Waals surface area contributed by atoms with E-state index in [1.807, 2.05) is 35.8 Å². The average molecular weight is 326 g/mol. The molecular formula is C17H18N4O3. The van der Waals surface area contributed by atoms with E-state index in [2.05, 4.69) is 15.2 Å². The van der Waals surface area contributed by atoms with Gasteiger partial charge < -0.3 is 14.2 Å². The zero-order valence-corrected chi connectivity index (χ0v) is 14.0. The molecule has 0 unspecified atom stereocenters. The fraction of sp³-hybridized carbons (Fsp3) is 0.235. The van der Waals surface area contributed by atoms with Gasteiger partial charge in [-0.3, -0.25) is 9.55 Å². The Kier molecular flexibility index (Phi) is 4.33. The SMILES string of the molecule is COc1cncc(-c2nnc(C)n2-c2c(OC)cccc2OC)c1. The second-order valence-electron chi connectivity index (χ2n) is 5.03. The highest BCUT2D eigenvalue weighted by Crippen LogP contribution is 2.36. The Hall–Kier alpha value is -3.09. The number of para-hydroxylation sites is 1. The Morgan fingerprint density at radius 2 is 1.62 bits per heavy atom. The molecule has 0 radical (unpaired) electrons. The molecule has 1 aromatic carbocycles. The first kappa shape index (κ1) is 15.8. The van der Waals surface area contributed by atoms with Crippen LogP contribution in [-0.4, -0.2) is 41.1 Å². The number of ether oxygens (including phenoxy) is 3. The summed E-state index contributed by atoms with van der Waals surface area (Å²) in [6, 6.07) is 7.46. The Balaban J connectivity index is 2.26. The van der Waals surface area contributed by atoms with Gasteiger partial charge in [0.15, 0.2) is 5.82 Å². The van der Waals surface area contributed by atoms with Crippen LogP contribution in [-0.2, 0) is 0 Å². The summed E-state index contributed by atoms with van der Waals surface area (Å²) in [6.45, 7) is 1.87. The molecule has 0 atom stereocenters. The molecule has 0 spiro atoms. The van der Waals surface area contributed by atoms with Crippen LogP contribution in [0.1, 0.15) is 5.82 Å². The van der Waals surface area contributed by atoms with Gasteiger partial charge in [0.2, 0.25) is 0 Å². The molecule has 7 nitrogen and oxygen atoms in total. The van der Waals surface area contributed by atoms with E-state index in [1.54, 1.807) is 33.7 Å². The summed E-state index contributed by atoms with van der Waals surface area (Å²) in [4.78, 5) is 4.19. The van der Waals surface area contributed by atoms with Crippen LogP contribution >= 0.6 is 0 Å². The lowest BCUT2D eigenvalue weighted by Crippen LogP contribution is -2.05. The van der Waals surface area contributed by atoms with E-state index in [0.717, 1.165) is 11.3 Å². The summed E-state index contributed by atoms with van der Waals surface area (Å²) in [5.74, 6) is 3.30. The van der Waals surface area contributed by atoms with Crippen molar-refractivity contribution in [2.45, 2.75) is 6.92 Å². The zero-order chi connectivity index (χ0) is 17.1. The van der Waals surface area contributed by atoms with Gasteiger partial charge in [-0.1, -0.05) is 6.07 Å². The average Bonchev–Trinajstić information content (AvgIpc) is 3.02. The summed E-state index contributed by atoms with van der Waals surface area (Å²) in [5.41, 5.74) is 1.52. The standard InChI is InChI=1S/C17H18N4O3/c1-11-19-20-17(12-8-13(22-2)10-18-9-12)21(11)16-14(23-3)6-5-7-15(16)24-4/h5-10H,1-4H3. The molecule has 0 saturated heterocycles. The van der Waals surface area contributed by atoms with Gasteiger partial charge in [0.1, 0.15) is 28.8 Å². The summed E-state index contributed by atoms with van der Waals surface area (Å²) in [7, 11) is 4.83. The van der Waals surface area contributed by atoms with Crippen LogP contribution in [0.3, 0.4) is 0 Å². The fourth-order valence-corrected chi connectivity index (χ4v) is 2.52. The van der Waals surface area contributed by atoms with E-state index >= 15 is 0 Å². The third-order valence-corrected chi connectivity index (χ3v) is 3.66. The Bertz CT molecular complexity index is 839. The van der Waals surface area contributed by atoms with Crippen molar-refractivity contribution < 1.29 is 14.2 Å². The van der Waals surface area contributed by atoms with Gasteiger partial charge in [-0.15, -0.1) is 10.2 Å². The van der Waals surface area contributed by atoms with Crippen molar-refractivity contribution in [2.24, 2.45) is 0 Å². The minimum Gasteiger partial charge on any atom is -0.495 e. The van der Waals surface area contributed by atoms with Crippen LogP contribution in [0, 0.1) is 6.92 Å². The van der Waals surface area contributed by atoms with E-state index in [-0.39, 0.29) is 0 Å². The molecule has 2 aromatic heterocycles. The predicted molar refractivity (Wildman–Crippen MR) is 89.0 cm³/mol. The second-order valence-corrected chi connectivity index (χ2v) is 5.03. The van der Waals surface area contributed by atoms with Crippen molar-refractivity contribution in [1.82, 2.24) is 19.7 Å². The van der Waals surface area contributed by atoms with Gasteiger partial charge in [-0.05, 0) is 25.1 Å². The molecule has 124 valence electrons. The molecule has 0 bridgehead atoms. The third-order valence-electron chi connectivity index (χ3n) is 3.66. The van der Waals surface area contributed by atoms with Crippen LogP contribution < -0.4 is 14.2 Å². The monoisotopic (exact) mass is 326 g/mol. The molecule has 3 aromatic rings. The first-order valence-electron chi connectivity index (χ1n) is 7.32. The fourth-order valence-electron chi connectivity index (χ4n) is 2.52. The Labute approximate surface area is 139 Å². The summed E-state index contributed by atoms with van der Waals surface area (Å²) in [6.07, 6.45) is 3.35. The minimum atomic E-state index is 0.627. The summed E-state index contributed by atoms with van der Waals surface area (Å²) in [5, 5.41) is 8.50. The largest absolute Gasteiger partial charge is 0.495 e. The number of aromatic nitrogens is 4. The summed E-state index contributed by atoms with van der Waals surface area (Å²) >= 11 is 0. The minimum absolute atomic E-state index is 0.627. The number of methoxy groups -OCH3 is 3. The van der Waals surface area contributed by atoms with Crippen molar-refractivity contribution in [3.63, 3.8) is 0 Å². The number of pyridine rings is 1. The maximum atomic E-state index is 5.51. The molecule has 0 aliphatic rings. The van der Waals surface area contributed by atoms with E-state index < -0.39 is 0 Å². The number of aryl methyl sites for hydroxylation is 1. The van der Waals surface area contributed by atoms with Crippen molar-refractivity contribution in [2.75, 3.05) is 21.3 Å². The first-order valence-corrected chi connectivity index (χ1v) is 7.32. The molecule has 0 saturated carbocycles. The molecule has 24 heavy (non-hydrogen) atoms. The molecule has 0 aliphatic carbocycles. The van der Waals surface area contributed by atoms with Crippen LogP contribution in [0.4, 0.5) is 0 Å². The molecule has 2 heterocycles. The maximum Gasteiger partial charge on any atom is 0.170 e. The molecule has 7 heteroatoms.